The predicted octanol–water partition coefficient (Wildman–Crippen LogP) is 1.65. The van der Waals surface area contributed by atoms with E-state index in [0.29, 0.717) is 13.0 Å². The average Bonchev–Trinajstić information content (AvgIpc) is 2.35. The normalized spacial score (nSPS) is 12.3. The summed E-state index contributed by atoms with van der Waals surface area (Å²) in [6, 6.07) is 7.83. The quantitative estimate of drug-likeness (QED) is 0.807. The van der Waals surface area contributed by atoms with Gasteiger partial charge in [0.1, 0.15) is 5.75 Å². The summed E-state index contributed by atoms with van der Waals surface area (Å²) >= 11 is 0. The Morgan fingerprint density at radius 1 is 1.39 bits per heavy atom. The third-order valence-corrected chi connectivity index (χ3v) is 2.74. The zero-order chi connectivity index (χ0) is 13.5. The van der Waals surface area contributed by atoms with Crippen molar-refractivity contribution < 1.29 is 9.53 Å². The predicted molar refractivity (Wildman–Crippen MR) is 72.7 cm³/mol. The van der Waals surface area contributed by atoms with E-state index in [1.165, 1.54) is 0 Å². The van der Waals surface area contributed by atoms with Gasteiger partial charge >= 0.3 is 0 Å². The lowest BCUT2D eigenvalue weighted by Gasteiger charge is -2.18. The fourth-order valence-corrected chi connectivity index (χ4v) is 1.93. The zero-order valence-corrected chi connectivity index (χ0v) is 11.3. The molecule has 0 aliphatic rings. The molecule has 1 atom stereocenters. The Bertz CT molecular complexity index is 391. The number of hydrogen-bond acceptors (Lipinski definition) is 3. The van der Waals surface area contributed by atoms with Gasteiger partial charge in [0, 0.05) is 18.4 Å². The van der Waals surface area contributed by atoms with Crippen molar-refractivity contribution in [1.29, 1.82) is 0 Å². The summed E-state index contributed by atoms with van der Waals surface area (Å²) in [5.41, 5.74) is 6.76. The van der Waals surface area contributed by atoms with Crippen molar-refractivity contribution in [3.8, 4) is 5.75 Å². The molecule has 0 saturated carbocycles. The van der Waals surface area contributed by atoms with Crippen LogP contribution in [0.4, 0.5) is 0 Å². The molecule has 1 aromatic carbocycles. The molecule has 4 nitrogen and oxygen atoms in total. The average molecular weight is 250 g/mol. The van der Waals surface area contributed by atoms with Gasteiger partial charge in [-0.05, 0) is 32.0 Å². The van der Waals surface area contributed by atoms with Crippen molar-refractivity contribution in [2.24, 2.45) is 5.73 Å². The van der Waals surface area contributed by atoms with Crippen molar-refractivity contribution >= 4 is 5.91 Å². The number of amides is 1. The van der Waals surface area contributed by atoms with E-state index in [9.17, 15) is 4.79 Å². The zero-order valence-electron chi connectivity index (χ0n) is 11.3. The first-order valence-corrected chi connectivity index (χ1v) is 6.20. The Morgan fingerprint density at radius 2 is 2.06 bits per heavy atom. The monoisotopic (exact) mass is 250 g/mol. The minimum absolute atomic E-state index is 0.0140. The van der Waals surface area contributed by atoms with E-state index >= 15 is 0 Å². The summed E-state index contributed by atoms with van der Waals surface area (Å²) in [5, 5.41) is 2.88. The van der Waals surface area contributed by atoms with Gasteiger partial charge in [-0.15, -0.1) is 0 Å². The van der Waals surface area contributed by atoms with Crippen molar-refractivity contribution in [1.82, 2.24) is 5.32 Å². The number of rotatable bonds is 6. The molecule has 100 valence electrons. The summed E-state index contributed by atoms with van der Waals surface area (Å²) in [6.45, 7) is 4.31. The molecule has 0 aliphatic carbocycles. The van der Waals surface area contributed by atoms with Crippen LogP contribution in [0.1, 0.15) is 31.7 Å². The minimum atomic E-state index is -0.0140. The smallest absolute Gasteiger partial charge is 0.220 e. The highest BCUT2D eigenvalue weighted by atomic mass is 16.5. The van der Waals surface area contributed by atoms with Crippen LogP contribution >= 0.6 is 0 Å². The first-order valence-electron chi connectivity index (χ1n) is 6.20. The molecule has 0 saturated heterocycles. The summed E-state index contributed by atoms with van der Waals surface area (Å²) in [5.74, 6) is 0.788. The lowest BCUT2D eigenvalue weighted by molar-refractivity contribution is -0.121. The molecule has 0 spiro atoms. The summed E-state index contributed by atoms with van der Waals surface area (Å²) in [4.78, 5) is 11.8. The molecule has 0 bridgehead atoms. The summed E-state index contributed by atoms with van der Waals surface area (Å²) in [6.07, 6.45) is 0.384. The van der Waals surface area contributed by atoms with Gasteiger partial charge in [0.05, 0.1) is 7.11 Å². The first kappa shape index (κ1) is 14.5. The highest BCUT2D eigenvalue weighted by Gasteiger charge is 2.18. The number of nitrogens with one attached hydrogen (secondary N) is 1. The number of nitrogens with two attached hydrogens (primary N) is 1. The highest BCUT2D eigenvalue weighted by Crippen LogP contribution is 2.27. The molecule has 0 heterocycles. The van der Waals surface area contributed by atoms with E-state index < -0.39 is 0 Å². The van der Waals surface area contributed by atoms with Crippen molar-refractivity contribution in [3.05, 3.63) is 29.8 Å². The lowest BCUT2D eigenvalue weighted by Crippen LogP contribution is -2.32. The molecule has 3 N–H and O–H groups in total. The van der Waals surface area contributed by atoms with Gasteiger partial charge in [-0.25, -0.2) is 0 Å². The third kappa shape index (κ3) is 4.04. The lowest BCUT2D eigenvalue weighted by atomic mass is 9.94. The number of methoxy groups -OCH3 is 1. The number of carbonyl (C=O) groups is 1. The Morgan fingerprint density at radius 3 is 2.61 bits per heavy atom. The maximum atomic E-state index is 11.8. The Balaban J connectivity index is 2.79. The van der Waals surface area contributed by atoms with Gasteiger partial charge in [-0.1, -0.05) is 18.2 Å². The number of ether oxygens (including phenoxy) is 1. The standard InChI is InChI=1S/C14H22N2O2/c1-10(2)16-14(17)8-11(9-15)12-6-4-5-7-13(12)18-3/h4-7,10-11H,8-9,15H2,1-3H3,(H,16,17). The molecule has 4 heteroatoms. The maximum absolute atomic E-state index is 11.8. The van der Waals surface area contributed by atoms with Crippen LogP contribution in [0.2, 0.25) is 0 Å². The Hall–Kier alpha value is -1.55. The molecule has 18 heavy (non-hydrogen) atoms. The Labute approximate surface area is 109 Å². The van der Waals surface area contributed by atoms with Crippen LogP contribution in [-0.2, 0) is 4.79 Å². The minimum Gasteiger partial charge on any atom is -0.496 e. The van der Waals surface area contributed by atoms with Gasteiger partial charge in [0.2, 0.25) is 5.91 Å². The van der Waals surface area contributed by atoms with Crippen LogP contribution in [-0.4, -0.2) is 25.6 Å². The number of para-hydroxylation sites is 1. The van der Waals surface area contributed by atoms with Crippen LogP contribution in [0.3, 0.4) is 0 Å². The fourth-order valence-electron chi connectivity index (χ4n) is 1.93. The second kappa shape index (κ2) is 7.01. The second-order valence-corrected chi connectivity index (χ2v) is 4.60. The molecular formula is C14H22N2O2. The molecule has 0 fully saturated rings. The molecule has 1 amide bonds. The van der Waals surface area contributed by atoms with E-state index in [1.807, 2.05) is 38.1 Å². The van der Waals surface area contributed by atoms with E-state index in [2.05, 4.69) is 5.32 Å². The van der Waals surface area contributed by atoms with E-state index in [0.717, 1.165) is 11.3 Å². The van der Waals surface area contributed by atoms with Crippen LogP contribution < -0.4 is 15.8 Å². The maximum Gasteiger partial charge on any atom is 0.220 e. The van der Waals surface area contributed by atoms with Crippen LogP contribution in [0.25, 0.3) is 0 Å². The molecule has 1 rings (SSSR count). The van der Waals surface area contributed by atoms with Gasteiger partial charge in [0.25, 0.3) is 0 Å². The van der Waals surface area contributed by atoms with E-state index in [-0.39, 0.29) is 17.9 Å². The van der Waals surface area contributed by atoms with Crippen LogP contribution in [0, 0.1) is 0 Å². The van der Waals surface area contributed by atoms with E-state index in [1.54, 1.807) is 7.11 Å². The van der Waals surface area contributed by atoms with Crippen LogP contribution in [0.15, 0.2) is 24.3 Å². The third-order valence-electron chi connectivity index (χ3n) is 2.74. The number of hydrogen-bond donors (Lipinski definition) is 2. The molecular weight excluding hydrogens is 228 g/mol. The molecule has 1 unspecified atom stereocenters. The van der Waals surface area contributed by atoms with E-state index in [4.69, 9.17) is 10.5 Å². The largest absolute Gasteiger partial charge is 0.496 e. The van der Waals surface area contributed by atoms with Gasteiger partial charge in [-0.3, -0.25) is 4.79 Å². The fraction of sp³-hybridized carbons (Fsp3) is 0.500. The molecule has 0 aromatic heterocycles. The van der Waals surface area contributed by atoms with Crippen molar-refractivity contribution in [2.45, 2.75) is 32.2 Å². The molecule has 1 aromatic rings. The van der Waals surface area contributed by atoms with Gasteiger partial charge < -0.3 is 15.8 Å². The number of benzene rings is 1. The Kier molecular flexibility index (Phi) is 5.65. The summed E-state index contributed by atoms with van der Waals surface area (Å²) in [7, 11) is 1.63. The SMILES string of the molecule is COc1ccccc1C(CN)CC(=O)NC(C)C. The van der Waals surface area contributed by atoms with Crippen molar-refractivity contribution in [3.63, 3.8) is 0 Å². The van der Waals surface area contributed by atoms with Gasteiger partial charge in [0.15, 0.2) is 0 Å². The molecule has 0 radical (unpaired) electrons. The molecule has 0 aliphatic heterocycles. The van der Waals surface area contributed by atoms with Crippen molar-refractivity contribution in [2.75, 3.05) is 13.7 Å². The highest BCUT2D eigenvalue weighted by molar-refractivity contribution is 5.77. The van der Waals surface area contributed by atoms with Crippen LogP contribution in [0.5, 0.6) is 5.75 Å². The second-order valence-electron chi connectivity index (χ2n) is 4.60. The number of carbonyl (C=O) groups excluding carboxylic acids is 1. The first-order chi connectivity index (χ1) is 8.58. The topological polar surface area (TPSA) is 64.3 Å². The summed E-state index contributed by atoms with van der Waals surface area (Å²) < 4.78 is 5.30. The van der Waals surface area contributed by atoms with Gasteiger partial charge in [-0.2, -0.15) is 0 Å².